The van der Waals surface area contributed by atoms with E-state index in [2.05, 4.69) is 5.32 Å². The fourth-order valence-corrected chi connectivity index (χ4v) is 1.67. The Morgan fingerprint density at radius 2 is 1.90 bits per heavy atom. The first-order chi connectivity index (χ1) is 4.93. The molecule has 0 saturated heterocycles. The summed E-state index contributed by atoms with van der Waals surface area (Å²) >= 11 is 0. The number of rotatable bonds is 3. The summed E-state index contributed by atoms with van der Waals surface area (Å²) in [4.78, 5) is 0. The van der Waals surface area contributed by atoms with E-state index >= 15 is 0 Å². The maximum absolute atomic E-state index is 6.91. The van der Waals surface area contributed by atoms with Crippen molar-refractivity contribution in [3.63, 3.8) is 0 Å². The van der Waals surface area contributed by atoms with Crippen molar-refractivity contribution in [3.8, 4) is 0 Å². The Morgan fingerprint density at radius 1 is 1.20 bits per heavy atom. The number of hydrogen-bond acceptors (Lipinski definition) is 1. The van der Waals surface area contributed by atoms with Gasteiger partial charge in [0.1, 0.15) is 0 Å². The van der Waals surface area contributed by atoms with Crippen molar-refractivity contribution in [2.75, 3.05) is 13.2 Å². The fraction of sp³-hybridized carbons (Fsp3) is 1.00. The fourth-order valence-electron chi connectivity index (χ4n) is 1.67. The van der Waals surface area contributed by atoms with Gasteiger partial charge in [0, 0.05) is 0 Å². The van der Waals surface area contributed by atoms with E-state index in [1.807, 2.05) is 0 Å². The molecule has 0 aromatic rings. The van der Waals surface area contributed by atoms with E-state index < -0.39 is 0 Å². The maximum atomic E-state index is 6.91. The highest BCUT2D eigenvalue weighted by Crippen LogP contribution is 2.22. The molecule has 0 spiro atoms. The molecule has 1 rings (SSSR count). The molecule has 0 aliphatic heterocycles. The van der Waals surface area contributed by atoms with Gasteiger partial charge in [-0.3, -0.25) is 0 Å². The third-order valence-electron chi connectivity index (χ3n) is 2.28. The molecular formula is C8H17N2. The molecule has 0 aromatic carbocycles. The van der Waals surface area contributed by atoms with Crippen LogP contribution in [0.2, 0.25) is 0 Å². The Bertz CT molecular complexity index is 77.3. The minimum Gasteiger partial charge on any atom is -0.303 e. The van der Waals surface area contributed by atoms with E-state index in [-0.39, 0.29) is 0 Å². The van der Waals surface area contributed by atoms with Crippen molar-refractivity contribution in [2.45, 2.75) is 32.1 Å². The third kappa shape index (κ3) is 2.67. The summed E-state index contributed by atoms with van der Waals surface area (Å²) in [6.07, 6.45) is 7.01. The van der Waals surface area contributed by atoms with Gasteiger partial charge in [0.2, 0.25) is 0 Å². The predicted octanol–water partition coefficient (Wildman–Crippen LogP) is 1.40. The van der Waals surface area contributed by atoms with Crippen LogP contribution >= 0.6 is 0 Å². The number of hydrogen-bond donors (Lipinski definition) is 1. The average molecular weight is 141 g/mol. The minimum atomic E-state index is 0.385. The van der Waals surface area contributed by atoms with E-state index in [1.54, 1.807) is 0 Å². The van der Waals surface area contributed by atoms with Gasteiger partial charge in [-0.25, -0.2) is 5.73 Å². The average Bonchev–Trinajstić information content (AvgIpc) is 2.03. The van der Waals surface area contributed by atoms with Gasteiger partial charge >= 0.3 is 0 Å². The predicted molar refractivity (Wildman–Crippen MR) is 42.5 cm³/mol. The highest BCUT2D eigenvalue weighted by Gasteiger charge is 2.11. The first-order valence-corrected chi connectivity index (χ1v) is 4.29. The molecule has 0 unspecified atom stereocenters. The standard InChI is InChI=1S/C8H17N2/c9-7-10-6-8-4-2-1-3-5-8/h8-10H,1-7H2. The van der Waals surface area contributed by atoms with Gasteiger partial charge < -0.3 is 5.32 Å². The molecule has 0 amide bonds. The molecule has 0 bridgehead atoms. The van der Waals surface area contributed by atoms with E-state index in [4.69, 9.17) is 5.73 Å². The highest BCUT2D eigenvalue weighted by atomic mass is 14.9. The lowest BCUT2D eigenvalue weighted by atomic mass is 9.89. The summed E-state index contributed by atoms with van der Waals surface area (Å²) in [7, 11) is 0. The van der Waals surface area contributed by atoms with Crippen molar-refractivity contribution >= 4 is 0 Å². The molecule has 2 heteroatoms. The lowest BCUT2D eigenvalue weighted by Crippen LogP contribution is -2.25. The second-order valence-corrected chi connectivity index (χ2v) is 3.13. The molecule has 2 N–H and O–H groups in total. The van der Waals surface area contributed by atoms with Gasteiger partial charge in [-0.2, -0.15) is 0 Å². The summed E-state index contributed by atoms with van der Waals surface area (Å²) in [5, 5.41) is 3.08. The molecule has 0 heterocycles. The Morgan fingerprint density at radius 3 is 2.50 bits per heavy atom. The van der Waals surface area contributed by atoms with E-state index in [0.717, 1.165) is 12.5 Å². The summed E-state index contributed by atoms with van der Waals surface area (Å²) in [6.45, 7) is 1.46. The monoisotopic (exact) mass is 141 g/mol. The Kier molecular flexibility index (Phi) is 3.76. The first-order valence-electron chi connectivity index (χ1n) is 4.29. The van der Waals surface area contributed by atoms with Crippen molar-refractivity contribution in [2.24, 2.45) is 5.92 Å². The zero-order chi connectivity index (χ0) is 7.23. The molecule has 0 aromatic heterocycles. The van der Waals surface area contributed by atoms with Crippen LogP contribution in [-0.4, -0.2) is 13.2 Å². The van der Waals surface area contributed by atoms with Crippen LogP contribution in [0.5, 0.6) is 0 Å². The minimum absolute atomic E-state index is 0.385. The van der Waals surface area contributed by atoms with Crippen LogP contribution in [0.15, 0.2) is 0 Å². The van der Waals surface area contributed by atoms with Gasteiger partial charge in [0.15, 0.2) is 0 Å². The van der Waals surface area contributed by atoms with Crippen molar-refractivity contribution in [3.05, 3.63) is 0 Å². The van der Waals surface area contributed by atoms with Gasteiger partial charge in [-0.15, -0.1) is 0 Å². The molecule has 1 aliphatic rings. The van der Waals surface area contributed by atoms with Crippen molar-refractivity contribution in [1.29, 1.82) is 0 Å². The molecule has 1 saturated carbocycles. The smallest absolute Gasteiger partial charge is 0.0590 e. The van der Waals surface area contributed by atoms with Gasteiger partial charge in [-0.05, 0) is 25.3 Å². The molecule has 0 atom stereocenters. The molecule has 1 radical (unpaired) electrons. The van der Waals surface area contributed by atoms with Crippen LogP contribution in [0.25, 0.3) is 0 Å². The Labute approximate surface area is 63.2 Å². The normalized spacial score (nSPS) is 21.3. The molecule has 10 heavy (non-hydrogen) atoms. The van der Waals surface area contributed by atoms with E-state index in [9.17, 15) is 0 Å². The molecular weight excluding hydrogens is 124 g/mol. The second-order valence-electron chi connectivity index (χ2n) is 3.13. The number of nitrogens with one attached hydrogen (secondary N) is 2. The van der Waals surface area contributed by atoms with E-state index in [1.165, 1.54) is 32.1 Å². The second kappa shape index (κ2) is 4.69. The van der Waals surface area contributed by atoms with Crippen molar-refractivity contribution < 1.29 is 0 Å². The largest absolute Gasteiger partial charge is 0.303 e. The van der Waals surface area contributed by atoms with Crippen LogP contribution in [-0.2, 0) is 0 Å². The molecule has 1 fully saturated rings. The zero-order valence-electron chi connectivity index (χ0n) is 6.53. The van der Waals surface area contributed by atoms with Crippen LogP contribution in [0, 0.1) is 5.92 Å². The van der Waals surface area contributed by atoms with E-state index in [0.29, 0.717) is 6.67 Å². The summed E-state index contributed by atoms with van der Waals surface area (Å²) in [5.41, 5.74) is 6.91. The summed E-state index contributed by atoms with van der Waals surface area (Å²) < 4.78 is 0. The van der Waals surface area contributed by atoms with Crippen LogP contribution in [0.1, 0.15) is 32.1 Å². The topological polar surface area (TPSA) is 35.8 Å². The van der Waals surface area contributed by atoms with Crippen LogP contribution in [0.4, 0.5) is 0 Å². The lowest BCUT2D eigenvalue weighted by Gasteiger charge is -2.21. The molecule has 1 aliphatic carbocycles. The SMILES string of the molecule is [NH]CNCC1CCCCC1. The Hall–Kier alpha value is -0.0800. The first kappa shape index (κ1) is 8.02. The molecule has 59 valence electrons. The van der Waals surface area contributed by atoms with Crippen LogP contribution < -0.4 is 11.1 Å². The quantitative estimate of drug-likeness (QED) is 0.633. The highest BCUT2D eigenvalue weighted by molar-refractivity contribution is 4.66. The van der Waals surface area contributed by atoms with Gasteiger partial charge in [-0.1, -0.05) is 19.3 Å². The summed E-state index contributed by atoms with van der Waals surface area (Å²) in [5.74, 6) is 0.874. The maximum Gasteiger partial charge on any atom is 0.0590 e. The lowest BCUT2D eigenvalue weighted by molar-refractivity contribution is 0.343. The molecule has 2 nitrogen and oxygen atoms in total. The Balaban J connectivity index is 2.02. The zero-order valence-corrected chi connectivity index (χ0v) is 6.53. The summed E-state index contributed by atoms with van der Waals surface area (Å²) in [6, 6.07) is 0. The van der Waals surface area contributed by atoms with Crippen molar-refractivity contribution in [1.82, 2.24) is 11.1 Å². The third-order valence-corrected chi connectivity index (χ3v) is 2.28. The van der Waals surface area contributed by atoms with Gasteiger partial charge in [0.25, 0.3) is 0 Å². The van der Waals surface area contributed by atoms with Gasteiger partial charge in [0.05, 0.1) is 6.67 Å². The van der Waals surface area contributed by atoms with Crippen LogP contribution in [0.3, 0.4) is 0 Å².